The molecule has 0 spiro atoms. The van der Waals surface area contributed by atoms with Crippen LogP contribution in [0, 0.1) is 11.3 Å². The van der Waals surface area contributed by atoms with Gasteiger partial charge in [-0.05, 0) is 37.0 Å². The van der Waals surface area contributed by atoms with Gasteiger partial charge in [0.25, 0.3) is 0 Å². The summed E-state index contributed by atoms with van der Waals surface area (Å²) in [6.07, 6.45) is 4.20. The number of rotatable bonds is 5. The maximum absolute atomic E-state index is 13.1. The maximum Gasteiger partial charge on any atom is 0.318 e. The van der Waals surface area contributed by atoms with Crippen LogP contribution in [-0.4, -0.2) is 71.9 Å². The Morgan fingerprint density at radius 3 is 2.97 bits per heavy atom. The smallest absolute Gasteiger partial charge is 0.318 e. The number of carbonyl (C=O) groups excluding carboxylic acids is 1. The fourth-order valence-corrected chi connectivity index (χ4v) is 4.79. The Labute approximate surface area is 209 Å². The molecule has 1 aromatic carbocycles. The fraction of sp³-hybridized carbons (Fsp3) is 0.500. The first-order chi connectivity index (χ1) is 17.1. The number of benzene rings is 1. The Kier molecular flexibility index (Phi) is 7.18. The SMILES string of the molecule is N#Cc1ccc(OC2CNCC2NC(=O)N2CCc3cnc(NC4CCOCC4)nc3C2)cc1Cl. The molecule has 10 nitrogen and oxygen atoms in total. The summed E-state index contributed by atoms with van der Waals surface area (Å²) in [6.45, 7) is 3.73. The van der Waals surface area contributed by atoms with Crippen molar-refractivity contribution in [1.29, 1.82) is 5.26 Å². The average Bonchev–Trinajstić information content (AvgIpc) is 3.30. The number of hydrogen-bond donors (Lipinski definition) is 3. The zero-order valence-corrected chi connectivity index (χ0v) is 20.1. The van der Waals surface area contributed by atoms with Crippen molar-refractivity contribution in [2.75, 3.05) is 38.2 Å². The van der Waals surface area contributed by atoms with Crippen LogP contribution >= 0.6 is 11.6 Å². The number of nitrogens with zero attached hydrogens (tertiary/aromatic N) is 4. The molecule has 3 aliphatic rings. The summed E-state index contributed by atoms with van der Waals surface area (Å²) < 4.78 is 11.5. The molecule has 184 valence electrons. The lowest BCUT2D eigenvalue weighted by Crippen LogP contribution is -2.51. The Balaban J connectivity index is 1.19. The average molecular weight is 498 g/mol. The van der Waals surface area contributed by atoms with Gasteiger partial charge >= 0.3 is 6.03 Å². The minimum absolute atomic E-state index is 0.145. The summed E-state index contributed by atoms with van der Waals surface area (Å²) in [4.78, 5) is 24.1. The third kappa shape index (κ3) is 5.59. The van der Waals surface area contributed by atoms with Gasteiger partial charge in [-0.1, -0.05) is 11.6 Å². The quantitative estimate of drug-likeness (QED) is 0.573. The summed E-state index contributed by atoms with van der Waals surface area (Å²) in [6, 6.07) is 6.98. The molecule has 3 aliphatic heterocycles. The van der Waals surface area contributed by atoms with Gasteiger partial charge in [-0.15, -0.1) is 0 Å². The van der Waals surface area contributed by atoms with Gasteiger partial charge in [0.15, 0.2) is 0 Å². The van der Waals surface area contributed by atoms with E-state index in [0.29, 0.717) is 60.9 Å². The predicted molar refractivity (Wildman–Crippen MR) is 129 cm³/mol. The van der Waals surface area contributed by atoms with Crippen molar-refractivity contribution < 1.29 is 14.3 Å². The molecule has 11 heteroatoms. The molecule has 5 rings (SSSR count). The second-order valence-corrected chi connectivity index (χ2v) is 9.40. The molecule has 0 bridgehead atoms. The van der Waals surface area contributed by atoms with Crippen molar-refractivity contribution in [2.24, 2.45) is 0 Å². The number of fused-ring (bicyclic) bond motifs is 1. The van der Waals surface area contributed by atoms with Gasteiger partial charge in [0.1, 0.15) is 17.9 Å². The van der Waals surface area contributed by atoms with Gasteiger partial charge in [0, 0.05) is 51.2 Å². The van der Waals surface area contributed by atoms with Crippen molar-refractivity contribution in [3.63, 3.8) is 0 Å². The monoisotopic (exact) mass is 497 g/mol. The Morgan fingerprint density at radius 1 is 1.31 bits per heavy atom. The lowest BCUT2D eigenvalue weighted by atomic mass is 10.1. The topological polar surface area (TPSA) is 124 Å². The number of nitrogens with one attached hydrogen (secondary N) is 3. The van der Waals surface area contributed by atoms with Crippen LogP contribution in [0.5, 0.6) is 5.75 Å². The molecule has 2 unspecified atom stereocenters. The third-order valence-corrected chi connectivity index (χ3v) is 6.92. The molecule has 1 aromatic heterocycles. The van der Waals surface area contributed by atoms with E-state index in [1.807, 2.05) is 12.3 Å². The fourth-order valence-electron chi connectivity index (χ4n) is 4.58. The van der Waals surface area contributed by atoms with E-state index in [4.69, 9.17) is 31.3 Å². The van der Waals surface area contributed by atoms with Crippen molar-refractivity contribution in [1.82, 2.24) is 25.5 Å². The molecular formula is C24H28ClN7O3. The van der Waals surface area contributed by atoms with E-state index in [9.17, 15) is 4.79 Å². The van der Waals surface area contributed by atoms with Crippen LogP contribution in [0.25, 0.3) is 0 Å². The van der Waals surface area contributed by atoms with E-state index in [0.717, 1.165) is 37.3 Å². The first-order valence-corrected chi connectivity index (χ1v) is 12.3. The van der Waals surface area contributed by atoms with Crippen LogP contribution < -0.4 is 20.7 Å². The number of urea groups is 1. The highest BCUT2D eigenvalue weighted by Crippen LogP contribution is 2.24. The molecule has 2 saturated heterocycles. The Morgan fingerprint density at radius 2 is 2.17 bits per heavy atom. The zero-order chi connectivity index (χ0) is 24.2. The predicted octanol–water partition coefficient (Wildman–Crippen LogP) is 2.08. The molecule has 0 aliphatic carbocycles. The number of halogens is 1. The van der Waals surface area contributed by atoms with Gasteiger partial charge < -0.3 is 30.3 Å². The minimum Gasteiger partial charge on any atom is -0.487 e. The first kappa shape index (κ1) is 23.6. The summed E-state index contributed by atoms with van der Waals surface area (Å²) in [7, 11) is 0. The third-order valence-electron chi connectivity index (χ3n) is 6.60. The number of amides is 2. The van der Waals surface area contributed by atoms with Gasteiger partial charge in [0.2, 0.25) is 5.95 Å². The van der Waals surface area contributed by atoms with Gasteiger partial charge in [-0.25, -0.2) is 14.8 Å². The van der Waals surface area contributed by atoms with Crippen LogP contribution in [0.1, 0.15) is 29.7 Å². The first-order valence-electron chi connectivity index (χ1n) is 11.9. The molecule has 3 N–H and O–H groups in total. The van der Waals surface area contributed by atoms with Gasteiger partial charge in [-0.3, -0.25) is 0 Å². The Bertz CT molecular complexity index is 1120. The highest BCUT2D eigenvalue weighted by atomic mass is 35.5. The molecule has 2 amide bonds. The van der Waals surface area contributed by atoms with Crippen molar-refractivity contribution in [3.05, 3.63) is 46.2 Å². The van der Waals surface area contributed by atoms with Crippen LogP contribution in [-0.2, 0) is 17.7 Å². The largest absolute Gasteiger partial charge is 0.487 e. The highest BCUT2D eigenvalue weighted by Gasteiger charge is 2.32. The number of aromatic nitrogens is 2. The molecule has 2 aromatic rings. The number of anilines is 1. The summed E-state index contributed by atoms with van der Waals surface area (Å²) in [5.74, 6) is 1.17. The van der Waals surface area contributed by atoms with Crippen molar-refractivity contribution in [2.45, 2.75) is 44.0 Å². The normalized spacial score (nSPS) is 22.2. The van der Waals surface area contributed by atoms with Gasteiger partial charge in [0.05, 0.1) is 28.9 Å². The van der Waals surface area contributed by atoms with E-state index >= 15 is 0 Å². The molecule has 2 atom stereocenters. The van der Waals surface area contributed by atoms with Crippen LogP contribution in [0.3, 0.4) is 0 Å². The van der Waals surface area contributed by atoms with Crippen molar-refractivity contribution >= 4 is 23.6 Å². The summed E-state index contributed by atoms with van der Waals surface area (Å²) >= 11 is 6.13. The van der Waals surface area contributed by atoms with Crippen LogP contribution in [0.4, 0.5) is 10.7 Å². The summed E-state index contributed by atoms with van der Waals surface area (Å²) in [5, 5.41) is 19.2. The number of carbonyl (C=O) groups is 1. The highest BCUT2D eigenvalue weighted by molar-refractivity contribution is 6.31. The van der Waals surface area contributed by atoms with E-state index in [1.165, 1.54) is 0 Å². The maximum atomic E-state index is 13.1. The molecule has 4 heterocycles. The standard InChI is InChI=1S/C24H28ClN7O3/c25-19-9-18(2-1-15(19)10-26)35-22-13-27-12-20(22)31-24(33)32-6-3-16-11-28-23(30-21(16)14-32)29-17-4-7-34-8-5-17/h1-2,9,11,17,20,22,27H,3-8,12-14H2,(H,31,33)(H,28,29,30). The minimum atomic E-state index is -0.252. The van der Waals surface area contributed by atoms with E-state index < -0.39 is 0 Å². The summed E-state index contributed by atoms with van der Waals surface area (Å²) in [5.41, 5.74) is 2.35. The lowest BCUT2D eigenvalue weighted by Gasteiger charge is -2.31. The second kappa shape index (κ2) is 10.6. The molecule has 35 heavy (non-hydrogen) atoms. The van der Waals surface area contributed by atoms with E-state index in [-0.39, 0.29) is 18.2 Å². The van der Waals surface area contributed by atoms with Crippen LogP contribution in [0.2, 0.25) is 5.02 Å². The van der Waals surface area contributed by atoms with Crippen molar-refractivity contribution in [3.8, 4) is 11.8 Å². The number of nitriles is 1. The van der Waals surface area contributed by atoms with E-state index in [2.05, 4.69) is 20.9 Å². The zero-order valence-electron chi connectivity index (χ0n) is 19.3. The van der Waals surface area contributed by atoms with E-state index in [1.54, 1.807) is 23.1 Å². The molecular weight excluding hydrogens is 470 g/mol. The Hall–Kier alpha value is -3.13. The number of hydrogen-bond acceptors (Lipinski definition) is 8. The second-order valence-electron chi connectivity index (χ2n) is 8.99. The molecule has 2 fully saturated rings. The number of ether oxygens (including phenoxy) is 2. The molecule has 0 saturated carbocycles. The molecule has 0 radical (unpaired) electrons. The van der Waals surface area contributed by atoms with Gasteiger partial charge in [-0.2, -0.15) is 5.26 Å². The van der Waals surface area contributed by atoms with Crippen LogP contribution in [0.15, 0.2) is 24.4 Å². The lowest BCUT2D eigenvalue weighted by molar-refractivity contribution is 0.0903.